The van der Waals surface area contributed by atoms with Crippen LogP contribution in [0.15, 0.2) is 0 Å². The average molecular weight is 164 g/mol. The highest BCUT2D eigenvalue weighted by atomic mass is 15.2. The molecule has 0 amide bonds. The third kappa shape index (κ3) is 1.13. The maximum Gasteiger partial charge on any atom is 0.109 e. The van der Waals surface area contributed by atoms with Crippen LogP contribution in [0.2, 0.25) is 0 Å². The molecule has 0 aromatic carbocycles. The minimum Gasteiger partial charge on any atom is -0.286 e. The van der Waals surface area contributed by atoms with Gasteiger partial charge < -0.3 is 0 Å². The van der Waals surface area contributed by atoms with Gasteiger partial charge in [-0.2, -0.15) is 5.26 Å². The van der Waals surface area contributed by atoms with Crippen molar-refractivity contribution in [3.05, 3.63) is 0 Å². The van der Waals surface area contributed by atoms with Crippen molar-refractivity contribution < 1.29 is 0 Å². The second-order valence-corrected chi connectivity index (χ2v) is 4.04. The van der Waals surface area contributed by atoms with Gasteiger partial charge in [-0.05, 0) is 38.8 Å². The van der Waals surface area contributed by atoms with Crippen LogP contribution in [0.3, 0.4) is 0 Å². The van der Waals surface area contributed by atoms with Gasteiger partial charge in [-0.1, -0.05) is 12.8 Å². The van der Waals surface area contributed by atoms with E-state index < -0.39 is 0 Å². The molecule has 2 rings (SSSR count). The Hall–Kier alpha value is -0.550. The van der Waals surface area contributed by atoms with Gasteiger partial charge in [0, 0.05) is 0 Å². The molecule has 2 aliphatic rings. The van der Waals surface area contributed by atoms with Crippen LogP contribution in [0.25, 0.3) is 0 Å². The predicted molar refractivity (Wildman–Crippen MR) is 47.6 cm³/mol. The van der Waals surface area contributed by atoms with E-state index in [2.05, 4.69) is 11.0 Å². The Balaban J connectivity index is 2.18. The van der Waals surface area contributed by atoms with Crippen molar-refractivity contribution in [2.45, 2.75) is 44.1 Å². The van der Waals surface area contributed by atoms with Gasteiger partial charge in [0.15, 0.2) is 0 Å². The fraction of sp³-hybridized carbons (Fsp3) is 0.900. The molecule has 0 aromatic heterocycles. The first-order valence-electron chi connectivity index (χ1n) is 5.04. The molecule has 0 saturated carbocycles. The molecule has 12 heavy (non-hydrogen) atoms. The zero-order chi connectivity index (χ0) is 8.44. The number of nitrogens with zero attached hydrogens (tertiary/aromatic N) is 2. The average Bonchev–Trinajstić information content (AvgIpc) is 2.40. The van der Waals surface area contributed by atoms with Crippen molar-refractivity contribution in [1.29, 1.82) is 5.26 Å². The molecule has 2 heterocycles. The minimum absolute atomic E-state index is 0.0451. The van der Waals surface area contributed by atoms with Crippen molar-refractivity contribution in [3.8, 4) is 6.07 Å². The topological polar surface area (TPSA) is 27.0 Å². The van der Waals surface area contributed by atoms with Gasteiger partial charge in [0.25, 0.3) is 0 Å². The molecule has 66 valence electrons. The van der Waals surface area contributed by atoms with Crippen LogP contribution in [-0.4, -0.2) is 23.5 Å². The van der Waals surface area contributed by atoms with Crippen molar-refractivity contribution >= 4 is 0 Å². The lowest BCUT2D eigenvalue weighted by Crippen LogP contribution is -2.41. The molecular formula is C10H16N2. The van der Waals surface area contributed by atoms with E-state index in [1.165, 1.54) is 25.7 Å². The SMILES string of the molecule is N#CC12CCCCCN1CCC2. The first-order valence-corrected chi connectivity index (χ1v) is 5.04. The Morgan fingerprint density at radius 3 is 2.58 bits per heavy atom. The van der Waals surface area contributed by atoms with Crippen LogP contribution >= 0.6 is 0 Å². The summed E-state index contributed by atoms with van der Waals surface area (Å²) in [7, 11) is 0. The van der Waals surface area contributed by atoms with Gasteiger partial charge in [0.1, 0.15) is 5.54 Å². The Bertz CT molecular complexity index is 206. The number of hydrogen-bond donors (Lipinski definition) is 0. The van der Waals surface area contributed by atoms with E-state index >= 15 is 0 Å². The monoisotopic (exact) mass is 164 g/mol. The Morgan fingerprint density at radius 1 is 1.00 bits per heavy atom. The second kappa shape index (κ2) is 3.06. The molecular weight excluding hydrogens is 148 g/mol. The molecule has 0 aromatic rings. The van der Waals surface area contributed by atoms with Crippen molar-refractivity contribution in [2.24, 2.45) is 0 Å². The molecule has 2 nitrogen and oxygen atoms in total. The third-order valence-corrected chi connectivity index (χ3v) is 3.35. The van der Waals surface area contributed by atoms with Gasteiger partial charge in [0.2, 0.25) is 0 Å². The Kier molecular flexibility index (Phi) is 2.06. The molecule has 1 unspecified atom stereocenters. The summed E-state index contributed by atoms with van der Waals surface area (Å²) < 4.78 is 0. The maximum absolute atomic E-state index is 9.19. The fourth-order valence-corrected chi connectivity index (χ4v) is 2.62. The summed E-state index contributed by atoms with van der Waals surface area (Å²) in [5, 5.41) is 9.19. The minimum atomic E-state index is -0.0451. The summed E-state index contributed by atoms with van der Waals surface area (Å²) in [5.41, 5.74) is -0.0451. The standard InChI is InChI=1S/C10H16N2/c11-9-10-5-2-1-3-7-12(10)8-4-6-10/h1-8H2. The van der Waals surface area contributed by atoms with E-state index in [-0.39, 0.29) is 5.54 Å². The van der Waals surface area contributed by atoms with Crippen molar-refractivity contribution in [1.82, 2.24) is 4.90 Å². The summed E-state index contributed by atoms with van der Waals surface area (Å²) in [6.45, 7) is 2.32. The summed E-state index contributed by atoms with van der Waals surface area (Å²) in [5.74, 6) is 0. The van der Waals surface area contributed by atoms with Crippen LogP contribution in [0.4, 0.5) is 0 Å². The lowest BCUT2D eigenvalue weighted by atomic mass is 9.93. The first kappa shape index (κ1) is 8.07. The lowest BCUT2D eigenvalue weighted by Gasteiger charge is -2.29. The van der Waals surface area contributed by atoms with Gasteiger partial charge in [-0.15, -0.1) is 0 Å². The fourth-order valence-electron chi connectivity index (χ4n) is 2.62. The van der Waals surface area contributed by atoms with E-state index in [4.69, 9.17) is 0 Å². The molecule has 1 atom stereocenters. The highest BCUT2D eigenvalue weighted by Gasteiger charge is 2.41. The molecule has 2 aliphatic heterocycles. The number of nitriles is 1. The third-order valence-electron chi connectivity index (χ3n) is 3.35. The number of hydrogen-bond acceptors (Lipinski definition) is 2. The Morgan fingerprint density at radius 2 is 1.75 bits per heavy atom. The number of rotatable bonds is 0. The zero-order valence-electron chi connectivity index (χ0n) is 7.55. The molecule has 0 radical (unpaired) electrons. The van der Waals surface area contributed by atoms with Crippen LogP contribution in [0, 0.1) is 11.3 Å². The summed E-state index contributed by atoms with van der Waals surface area (Å²) >= 11 is 0. The molecule has 0 spiro atoms. The van der Waals surface area contributed by atoms with Crippen LogP contribution in [0.5, 0.6) is 0 Å². The van der Waals surface area contributed by atoms with Gasteiger partial charge in [-0.25, -0.2) is 0 Å². The smallest absolute Gasteiger partial charge is 0.109 e. The largest absolute Gasteiger partial charge is 0.286 e. The predicted octanol–water partition coefficient (Wildman–Crippen LogP) is 1.92. The maximum atomic E-state index is 9.19. The van der Waals surface area contributed by atoms with Crippen LogP contribution in [-0.2, 0) is 0 Å². The summed E-state index contributed by atoms with van der Waals surface area (Å²) in [4.78, 5) is 2.42. The van der Waals surface area contributed by atoms with Gasteiger partial charge in [-0.3, -0.25) is 4.90 Å². The zero-order valence-corrected chi connectivity index (χ0v) is 7.55. The molecule has 0 aliphatic carbocycles. The van der Waals surface area contributed by atoms with E-state index in [0.29, 0.717) is 0 Å². The van der Waals surface area contributed by atoms with Crippen LogP contribution in [0.1, 0.15) is 38.5 Å². The van der Waals surface area contributed by atoms with E-state index in [9.17, 15) is 5.26 Å². The van der Waals surface area contributed by atoms with E-state index in [0.717, 1.165) is 25.9 Å². The number of fused-ring (bicyclic) bond motifs is 1. The Labute approximate surface area is 74.2 Å². The van der Waals surface area contributed by atoms with E-state index in [1.54, 1.807) is 0 Å². The summed E-state index contributed by atoms with van der Waals surface area (Å²) in [6.07, 6.45) is 7.33. The highest BCUT2D eigenvalue weighted by Crippen LogP contribution is 2.35. The lowest BCUT2D eigenvalue weighted by molar-refractivity contribution is 0.196. The quantitative estimate of drug-likeness (QED) is 0.547. The molecule has 2 fully saturated rings. The second-order valence-electron chi connectivity index (χ2n) is 4.04. The summed E-state index contributed by atoms with van der Waals surface area (Å²) in [6, 6.07) is 2.55. The molecule has 2 saturated heterocycles. The van der Waals surface area contributed by atoms with Crippen molar-refractivity contribution in [3.63, 3.8) is 0 Å². The van der Waals surface area contributed by atoms with Gasteiger partial charge >= 0.3 is 0 Å². The molecule has 2 heteroatoms. The molecule has 0 bridgehead atoms. The van der Waals surface area contributed by atoms with Gasteiger partial charge in [0.05, 0.1) is 6.07 Å². The first-order chi connectivity index (χ1) is 5.87. The van der Waals surface area contributed by atoms with Crippen molar-refractivity contribution in [2.75, 3.05) is 13.1 Å². The molecule has 0 N–H and O–H groups in total. The van der Waals surface area contributed by atoms with Crippen LogP contribution < -0.4 is 0 Å². The normalized spacial score (nSPS) is 36.9. The van der Waals surface area contributed by atoms with E-state index in [1.807, 2.05) is 0 Å². The highest BCUT2D eigenvalue weighted by molar-refractivity contribution is 5.12.